The Kier molecular flexibility index (Phi) is 8.04. The fourth-order valence-corrected chi connectivity index (χ4v) is 0.835. The van der Waals surface area contributed by atoms with Gasteiger partial charge in [0.1, 0.15) is 0 Å². The highest BCUT2D eigenvalue weighted by atomic mass is 13.9. The van der Waals surface area contributed by atoms with Crippen LogP contribution in [-0.2, 0) is 0 Å². The maximum absolute atomic E-state index is 3.68. The molecular weight excluding hydrogens is 120 g/mol. The zero-order valence-electron chi connectivity index (χ0n) is 6.97. The zero-order chi connectivity index (χ0) is 7.66. The minimum absolute atomic E-state index is 1.17. The Morgan fingerprint density at radius 3 is 2.40 bits per heavy atom. The van der Waals surface area contributed by atoms with E-state index in [1.54, 1.807) is 0 Å². The molecular formula is C10H18. The lowest BCUT2D eigenvalue weighted by molar-refractivity contribution is 0.761. The van der Waals surface area contributed by atoms with Gasteiger partial charge < -0.3 is 0 Å². The molecule has 0 unspecified atom stereocenters. The fourth-order valence-electron chi connectivity index (χ4n) is 0.835. The van der Waals surface area contributed by atoms with Crippen molar-refractivity contribution in [3.05, 3.63) is 24.8 Å². The molecule has 10 heavy (non-hydrogen) atoms. The molecule has 0 amide bonds. The Labute approximate surface area is 64.6 Å². The van der Waals surface area contributed by atoms with Crippen LogP contribution in [0.4, 0.5) is 0 Å². The van der Waals surface area contributed by atoms with Gasteiger partial charge >= 0.3 is 0 Å². The van der Waals surface area contributed by atoms with Gasteiger partial charge in [-0.1, -0.05) is 25.2 Å². The Balaban J connectivity index is 2.89. The molecule has 0 nitrogen and oxygen atoms in total. The predicted octanol–water partition coefficient (Wildman–Crippen LogP) is 3.70. The average Bonchev–Trinajstić information content (AvgIpc) is 1.97. The van der Waals surface area contributed by atoms with Gasteiger partial charge in [0.15, 0.2) is 0 Å². The molecule has 0 N–H and O–H groups in total. The van der Waals surface area contributed by atoms with Crippen molar-refractivity contribution in [3.8, 4) is 0 Å². The van der Waals surface area contributed by atoms with E-state index in [-0.39, 0.29) is 0 Å². The highest BCUT2D eigenvalue weighted by Gasteiger charge is 1.80. The molecule has 0 aliphatic rings. The van der Waals surface area contributed by atoms with Crippen molar-refractivity contribution >= 4 is 0 Å². The summed E-state index contributed by atoms with van der Waals surface area (Å²) < 4.78 is 0. The summed E-state index contributed by atoms with van der Waals surface area (Å²) in [4.78, 5) is 0. The summed E-state index contributed by atoms with van der Waals surface area (Å²) in [6, 6.07) is 0. The highest BCUT2D eigenvalue weighted by molar-refractivity contribution is 4.80. The number of allylic oxidation sites excluding steroid dienone is 3. The molecule has 0 heterocycles. The van der Waals surface area contributed by atoms with Gasteiger partial charge in [0.2, 0.25) is 0 Å². The van der Waals surface area contributed by atoms with E-state index in [0.29, 0.717) is 0 Å². The first-order valence-electron chi connectivity index (χ1n) is 4.17. The Morgan fingerprint density at radius 1 is 1.10 bits per heavy atom. The fraction of sp³-hybridized carbons (Fsp3) is 0.600. The van der Waals surface area contributed by atoms with E-state index in [2.05, 4.69) is 25.7 Å². The van der Waals surface area contributed by atoms with Gasteiger partial charge in [-0.05, 0) is 32.1 Å². The van der Waals surface area contributed by atoms with E-state index >= 15 is 0 Å². The maximum atomic E-state index is 3.68. The van der Waals surface area contributed by atoms with E-state index in [9.17, 15) is 0 Å². The molecule has 0 radical (unpaired) electrons. The van der Waals surface area contributed by atoms with Crippen LogP contribution in [0.3, 0.4) is 0 Å². The Bertz CT molecular complexity index is 90.2. The first kappa shape index (κ1) is 9.48. The number of unbranched alkanes of at least 4 members (excludes halogenated alkanes) is 3. The Hall–Kier alpha value is -0.520. The van der Waals surface area contributed by atoms with E-state index < -0.39 is 0 Å². The molecule has 0 saturated carbocycles. The SMILES string of the molecule is C=CCCCC/C=C\CC. The summed E-state index contributed by atoms with van der Waals surface area (Å²) in [7, 11) is 0. The van der Waals surface area contributed by atoms with Gasteiger partial charge in [0.25, 0.3) is 0 Å². The van der Waals surface area contributed by atoms with E-state index in [4.69, 9.17) is 0 Å². The quantitative estimate of drug-likeness (QED) is 0.388. The number of hydrogen-bond acceptors (Lipinski definition) is 0. The third-order valence-corrected chi connectivity index (χ3v) is 1.43. The van der Waals surface area contributed by atoms with Gasteiger partial charge in [0.05, 0.1) is 0 Å². The van der Waals surface area contributed by atoms with Crippen LogP contribution < -0.4 is 0 Å². The van der Waals surface area contributed by atoms with Crippen LogP contribution in [0.5, 0.6) is 0 Å². The monoisotopic (exact) mass is 138 g/mol. The molecule has 0 saturated heterocycles. The van der Waals surface area contributed by atoms with Gasteiger partial charge in [-0.25, -0.2) is 0 Å². The molecule has 0 atom stereocenters. The van der Waals surface area contributed by atoms with Crippen molar-refractivity contribution in [1.29, 1.82) is 0 Å². The van der Waals surface area contributed by atoms with Crippen molar-refractivity contribution in [2.75, 3.05) is 0 Å². The lowest BCUT2D eigenvalue weighted by Gasteiger charge is -1.90. The topological polar surface area (TPSA) is 0 Å². The maximum Gasteiger partial charge on any atom is -0.0351 e. The van der Waals surface area contributed by atoms with Crippen LogP contribution in [0, 0.1) is 0 Å². The largest absolute Gasteiger partial charge is 0.103 e. The van der Waals surface area contributed by atoms with E-state index in [0.717, 1.165) is 0 Å². The second-order valence-corrected chi connectivity index (χ2v) is 2.45. The van der Waals surface area contributed by atoms with Crippen LogP contribution in [0.15, 0.2) is 24.8 Å². The number of hydrogen-bond donors (Lipinski definition) is 0. The van der Waals surface area contributed by atoms with Crippen LogP contribution in [-0.4, -0.2) is 0 Å². The third-order valence-electron chi connectivity index (χ3n) is 1.43. The zero-order valence-corrected chi connectivity index (χ0v) is 6.97. The Morgan fingerprint density at radius 2 is 1.80 bits per heavy atom. The molecule has 0 spiro atoms. The third kappa shape index (κ3) is 7.48. The van der Waals surface area contributed by atoms with Crippen LogP contribution in [0.1, 0.15) is 39.0 Å². The lowest BCUT2D eigenvalue weighted by Crippen LogP contribution is -1.70. The molecule has 0 aromatic heterocycles. The molecule has 0 aliphatic carbocycles. The van der Waals surface area contributed by atoms with Gasteiger partial charge in [-0.15, -0.1) is 6.58 Å². The molecule has 58 valence electrons. The molecule has 0 aliphatic heterocycles. The summed E-state index contributed by atoms with van der Waals surface area (Å²) in [6.45, 7) is 5.84. The van der Waals surface area contributed by atoms with Crippen LogP contribution in [0.2, 0.25) is 0 Å². The second kappa shape index (κ2) is 8.48. The molecule has 0 bridgehead atoms. The molecule has 0 rings (SSSR count). The molecule has 0 fully saturated rings. The average molecular weight is 138 g/mol. The normalized spacial score (nSPS) is 10.5. The van der Waals surface area contributed by atoms with Crippen molar-refractivity contribution in [2.45, 2.75) is 39.0 Å². The summed E-state index contributed by atoms with van der Waals surface area (Å²) in [6.07, 6.45) is 12.7. The summed E-state index contributed by atoms with van der Waals surface area (Å²) in [5, 5.41) is 0. The predicted molar refractivity (Wildman–Crippen MR) is 48.1 cm³/mol. The van der Waals surface area contributed by atoms with Crippen molar-refractivity contribution in [2.24, 2.45) is 0 Å². The van der Waals surface area contributed by atoms with Gasteiger partial charge in [-0.2, -0.15) is 0 Å². The van der Waals surface area contributed by atoms with Crippen LogP contribution in [0.25, 0.3) is 0 Å². The summed E-state index contributed by atoms with van der Waals surface area (Å²) >= 11 is 0. The van der Waals surface area contributed by atoms with Crippen molar-refractivity contribution in [3.63, 3.8) is 0 Å². The van der Waals surface area contributed by atoms with Crippen molar-refractivity contribution < 1.29 is 0 Å². The van der Waals surface area contributed by atoms with E-state index in [1.165, 1.54) is 32.1 Å². The summed E-state index contributed by atoms with van der Waals surface area (Å²) in [5.41, 5.74) is 0. The first-order valence-corrected chi connectivity index (χ1v) is 4.17. The number of rotatable bonds is 6. The highest BCUT2D eigenvalue weighted by Crippen LogP contribution is 2.00. The minimum atomic E-state index is 1.17. The lowest BCUT2D eigenvalue weighted by atomic mass is 10.2. The van der Waals surface area contributed by atoms with Crippen molar-refractivity contribution in [1.82, 2.24) is 0 Å². The van der Waals surface area contributed by atoms with Crippen LogP contribution >= 0.6 is 0 Å². The smallest absolute Gasteiger partial charge is 0.0351 e. The minimum Gasteiger partial charge on any atom is -0.103 e. The van der Waals surface area contributed by atoms with Gasteiger partial charge in [-0.3, -0.25) is 0 Å². The first-order chi connectivity index (χ1) is 4.91. The second-order valence-electron chi connectivity index (χ2n) is 2.45. The molecule has 0 heteroatoms. The molecule has 0 aromatic rings. The van der Waals surface area contributed by atoms with Gasteiger partial charge in [0, 0.05) is 0 Å². The summed E-state index contributed by atoms with van der Waals surface area (Å²) in [5.74, 6) is 0. The van der Waals surface area contributed by atoms with E-state index in [1.807, 2.05) is 6.08 Å². The standard InChI is InChI=1S/C10H18/c1-3-5-7-9-10-8-6-4-2/h3,6,8H,1,4-5,7,9-10H2,2H3/b8-6-. The molecule has 0 aromatic carbocycles.